The number of fused-ring (bicyclic) bond motifs is 1. The van der Waals surface area contributed by atoms with E-state index in [0.717, 1.165) is 42.5 Å². The number of ether oxygens (including phenoxy) is 1. The molecule has 3 aliphatic heterocycles. The van der Waals surface area contributed by atoms with Crippen molar-refractivity contribution in [2.24, 2.45) is 17.8 Å². The monoisotopic (exact) mass is 596 g/mol. The molecular formula is C34H48N2O5S. The standard InChI is InChI=1S/C34H48N2O5S/c1-8-11-12-13-19-41-32(40)28-27-30(38)36(26(21-37)23(5)10-3)29(34(27)17-16-33(28,7)42-34)31(39)35(18-9-2)25-20-22(4)14-15-24(25)6/h8-9,14-15,20,23,26-29,37H,1-2,10-13,16-19,21H2,3-7H3/t23-,26-,27-,28-,29?,33+,34?/m0/s1. The first-order valence-corrected chi connectivity index (χ1v) is 16.2. The molecule has 3 fully saturated rings. The van der Waals surface area contributed by atoms with Crippen LogP contribution in [0, 0.1) is 31.6 Å². The zero-order valence-electron chi connectivity index (χ0n) is 25.9. The molecule has 1 N–H and O–H groups in total. The number of hydrogen-bond acceptors (Lipinski definition) is 6. The lowest BCUT2D eigenvalue weighted by Gasteiger charge is -2.41. The molecule has 42 heavy (non-hydrogen) atoms. The van der Waals surface area contributed by atoms with Crippen molar-refractivity contribution >= 4 is 35.2 Å². The molecule has 3 heterocycles. The molecule has 1 aromatic rings. The fourth-order valence-corrected chi connectivity index (χ4v) is 9.75. The molecule has 1 spiro atoms. The van der Waals surface area contributed by atoms with Crippen molar-refractivity contribution in [2.75, 3.05) is 24.7 Å². The van der Waals surface area contributed by atoms with Gasteiger partial charge in [-0.1, -0.05) is 44.6 Å². The Morgan fingerprint density at radius 1 is 1.24 bits per heavy atom. The van der Waals surface area contributed by atoms with E-state index in [9.17, 15) is 19.5 Å². The summed E-state index contributed by atoms with van der Waals surface area (Å²) in [4.78, 5) is 46.7. The minimum atomic E-state index is -0.821. The summed E-state index contributed by atoms with van der Waals surface area (Å²) in [5, 5.41) is 10.6. The molecule has 4 rings (SSSR count). The largest absolute Gasteiger partial charge is 0.465 e. The molecule has 7 nitrogen and oxygen atoms in total. The van der Waals surface area contributed by atoms with Crippen LogP contribution in [0.4, 0.5) is 5.69 Å². The van der Waals surface area contributed by atoms with Crippen LogP contribution < -0.4 is 4.90 Å². The first-order chi connectivity index (χ1) is 20.0. The van der Waals surface area contributed by atoms with Crippen LogP contribution in [-0.2, 0) is 19.1 Å². The Hall–Kier alpha value is -2.58. The Balaban J connectivity index is 1.80. The molecular weight excluding hydrogens is 548 g/mol. The number of aryl methyl sites for hydroxylation is 2. The second kappa shape index (κ2) is 13.0. The number of amides is 2. The SMILES string of the molecule is C=CCCCCOC(=O)[C@@H]1[C@H]2C(=O)N([C@@H](CO)[C@@H](C)CC)C(C(=O)N(CC=C)c3cc(C)ccc3C)C23CC[C@@]1(C)S3. The van der Waals surface area contributed by atoms with Gasteiger partial charge in [0.1, 0.15) is 6.04 Å². The van der Waals surface area contributed by atoms with E-state index in [-0.39, 0.29) is 36.9 Å². The highest BCUT2D eigenvalue weighted by atomic mass is 32.2. The predicted molar refractivity (Wildman–Crippen MR) is 169 cm³/mol. The van der Waals surface area contributed by atoms with Gasteiger partial charge in [-0.2, -0.15) is 0 Å². The summed E-state index contributed by atoms with van der Waals surface area (Å²) in [6, 6.07) is 4.66. The number of unbranched alkanes of at least 4 members (excludes halogenated alkanes) is 2. The van der Waals surface area contributed by atoms with Crippen molar-refractivity contribution in [2.45, 2.75) is 94.7 Å². The number of aliphatic hydroxyl groups excluding tert-OH is 1. The minimum Gasteiger partial charge on any atom is -0.465 e. The van der Waals surface area contributed by atoms with Gasteiger partial charge in [-0.3, -0.25) is 14.4 Å². The van der Waals surface area contributed by atoms with Crippen LogP contribution in [0.25, 0.3) is 0 Å². The summed E-state index contributed by atoms with van der Waals surface area (Å²) < 4.78 is 4.51. The second-order valence-electron chi connectivity index (χ2n) is 12.6. The maximum atomic E-state index is 14.9. The highest BCUT2D eigenvalue weighted by Crippen LogP contribution is 2.72. The number of aliphatic hydroxyl groups is 1. The van der Waals surface area contributed by atoms with E-state index in [0.29, 0.717) is 19.4 Å². The van der Waals surface area contributed by atoms with E-state index in [4.69, 9.17) is 4.74 Å². The Morgan fingerprint density at radius 2 is 1.98 bits per heavy atom. The number of rotatable bonds is 14. The molecule has 8 heteroatoms. The average Bonchev–Trinajstić information content (AvgIpc) is 3.53. The number of carbonyl (C=O) groups is 3. The average molecular weight is 597 g/mol. The third-order valence-electron chi connectivity index (χ3n) is 9.83. The van der Waals surface area contributed by atoms with Gasteiger partial charge in [-0.05, 0) is 76.0 Å². The zero-order valence-corrected chi connectivity index (χ0v) is 26.8. The van der Waals surface area contributed by atoms with Crippen molar-refractivity contribution < 1.29 is 24.2 Å². The molecule has 0 aromatic heterocycles. The quantitative estimate of drug-likeness (QED) is 0.171. The summed E-state index contributed by atoms with van der Waals surface area (Å²) in [6.45, 7) is 18.1. The summed E-state index contributed by atoms with van der Waals surface area (Å²) >= 11 is 1.63. The van der Waals surface area contributed by atoms with E-state index in [1.807, 2.05) is 52.0 Å². The molecule has 3 saturated heterocycles. The molecule has 3 aliphatic rings. The van der Waals surface area contributed by atoms with Gasteiger partial charge in [0.15, 0.2) is 0 Å². The first kappa shape index (κ1) is 32.3. The molecule has 0 saturated carbocycles. The van der Waals surface area contributed by atoms with E-state index >= 15 is 0 Å². The maximum Gasteiger partial charge on any atom is 0.311 e. The van der Waals surface area contributed by atoms with E-state index < -0.39 is 33.4 Å². The molecule has 7 atom stereocenters. The van der Waals surface area contributed by atoms with Gasteiger partial charge in [0.25, 0.3) is 5.91 Å². The summed E-state index contributed by atoms with van der Waals surface area (Å²) in [6.07, 6.45) is 8.14. The van der Waals surface area contributed by atoms with Crippen LogP contribution in [0.1, 0.15) is 70.4 Å². The smallest absolute Gasteiger partial charge is 0.311 e. The van der Waals surface area contributed by atoms with Crippen molar-refractivity contribution in [1.29, 1.82) is 0 Å². The van der Waals surface area contributed by atoms with Crippen LogP contribution in [-0.4, -0.2) is 69.1 Å². The first-order valence-electron chi connectivity index (χ1n) is 15.4. The highest BCUT2D eigenvalue weighted by Gasteiger charge is 2.78. The summed E-state index contributed by atoms with van der Waals surface area (Å²) in [5.41, 5.74) is 2.77. The molecule has 1 aromatic carbocycles. The Labute approximate surface area is 255 Å². The van der Waals surface area contributed by atoms with Gasteiger partial charge in [0.05, 0.1) is 35.8 Å². The second-order valence-corrected chi connectivity index (χ2v) is 14.5. The van der Waals surface area contributed by atoms with Crippen LogP contribution in [0.15, 0.2) is 43.5 Å². The lowest BCUT2D eigenvalue weighted by molar-refractivity contribution is -0.156. The number of benzene rings is 1. The van der Waals surface area contributed by atoms with E-state index in [1.54, 1.807) is 27.6 Å². The van der Waals surface area contributed by atoms with Crippen LogP contribution in [0.3, 0.4) is 0 Å². The molecule has 2 bridgehead atoms. The lowest BCUT2D eigenvalue weighted by atomic mass is 9.66. The Bertz CT molecular complexity index is 1220. The topological polar surface area (TPSA) is 87.1 Å². The van der Waals surface area contributed by atoms with E-state index in [1.165, 1.54) is 0 Å². The lowest BCUT2D eigenvalue weighted by Crippen LogP contribution is -2.58. The zero-order chi connectivity index (χ0) is 30.8. The fourth-order valence-electron chi connectivity index (χ4n) is 7.42. The molecule has 0 aliphatic carbocycles. The van der Waals surface area contributed by atoms with Crippen LogP contribution >= 0.6 is 11.8 Å². The fraction of sp³-hybridized carbons (Fsp3) is 0.618. The highest BCUT2D eigenvalue weighted by molar-refractivity contribution is 8.02. The molecule has 230 valence electrons. The van der Waals surface area contributed by atoms with Gasteiger partial charge in [-0.25, -0.2) is 0 Å². The van der Waals surface area contributed by atoms with Gasteiger partial charge >= 0.3 is 5.97 Å². The number of esters is 1. The number of anilines is 1. The number of nitrogens with zero attached hydrogens (tertiary/aromatic N) is 2. The van der Waals surface area contributed by atoms with Crippen molar-refractivity contribution in [3.63, 3.8) is 0 Å². The third-order valence-corrected chi connectivity index (χ3v) is 11.8. The molecule has 0 radical (unpaired) electrons. The maximum absolute atomic E-state index is 14.9. The predicted octanol–water partition coefficient (Wildman–Crippen LogP) is 5.61. The van der Waals surface area contributed by atoms with Gasteiger partial charge in [-0.15, -0.1) is 24.9 Å². The van der Waals surface area contributed by atoms with Gasteiger partial charge in [0.2, 0.25) is 5.91 Å². The summed E-state index contributed by atoms with van der Waals surface area (Å²) in [7, 11) is 0. The number of allylic oxidation sites excluding steroid dienone is 1. The minimum absolute atomic E-state index is 0.0360. The summed E-state index contributed by atoms with van der Waals surface area (Å²) in [5.74, 6) is -2.11. The molecule has 2 amide bonds. The van der Waals surface area contributed by atoms with Crippen molar-refractivity contribution in [3.8, 4) is 0 Å². The number of carbonyl (C=O) groups excluding carboxylic acids is 3. The number of hydrogen-bond donors (Lipinski definition) is 1. The van der Waals surface area contributed by atoms with E-state index in [2.05, 4.69) is 20.1 Å². The van der Waals surface area contributed by atoms with Gasteiger partial charge in [0, 0.05) is 17.0 Å². The number of likely N-dealkylation sites (tertiary alicyclic amines) is 1. The Morgan fingerprint density at radius 3 is 2.62 bits per heavy atom. The van der Waals surface area contributed by atoms with Crippen LogP contribution in [0.5, 0.6) is 0 Å². The third kappa shape index (κ3) is 5.45. The molecule has 2 unspecified atom stereocenters. The van der Waals surface area contributed by atoms with Crippen molar-refractivity contribution in [3.05, 3.63) is 54.6 Å². The normalized spacial score (nSPS) is 29.2. The van der Waals surface area contributed by atoms with Gasteiger partial charge < -0.3 is 19.6 Å². The van der Waals surface area contributed by atoms with Crippen LogP contribution in [0.2, 0.25) is 0 Å². The number of thioether (sulfide) groups is 1. The Kier molecular flexibility index (Phi) is 9.98. The van der Waals surface area contributed by atoms with Crippen molar-refractivity contribution in [1.82, 2.24) is 4.90 Å².